The third-order valence-corrected chi connectivity index (χ3v) is 4.16. The predicted molar refractivity (Wildman–Crippen MR) is 71.0 cm³/mol. The number of nitrogens with zero attached hydrogens (tertiary/aromatic N) is 2. The molecule has 1 aromatic heterocycles. The van der Waals surface area contributed by atoms with Crippen LogP contribution in [0.25, 0.3) is 0 Å². The van der Waals surface area contributed by atoms with Gasteiger partial charge in [0.25, 0.3) is 5.91 Å². The van der Waals surface area contributed by atoms with Crippen LogP contribution >= 0.6 is 34.8 Å². The average molecular weight is 324 g/mol. The highest BCUT2D eigenvalue weighted by atomic mass is 35.5. The Hall–Kier alpha value is -1.04. The van der Waals surface area contributed by atoms with E-state index in [1.807, 2.05) is 0 Å². The van der Waals surface area contributed by atoms with E-state index in [4.69, 9.17) is 39.9 Å². The summed E-state index contributed by atoms with van der Waals surface area (Å²) < 4.78 is 0. The van der Waals surface area contributed by atoms with Crippen LogP contribution in [0.1, 0.15) is 23.3 Å². The summed E-state index contributed by atoms with van der Waals surface area (Å²) in [6.45, 7) is 0.355. The fourth-order valence-electron chi connectivity index (χ4n) is 2.00. The highest BCUT2D eigenvalue weighted by Gasteiger charge is 2.36. The molecule has 1 unspecified atom stereocenters. The molecule has 5 nitrogen and oxygen atoms in total. The topological polar surface area (TPSA) is 70.5 Å². The maximum absolute atomic E-state index is 12.3. The number of rotatable bonds is 2. The van der Waals surface area contributed by atoms with Gasteiger partial charge >= 0.3 is 5.97 Å². The number of hydrogen-bond donors (Lipinski definition) is 1. The largest absolute Gasteiger partial charge is 0.480 e. The van der Waals surface area contributed by atoms with Crippen LogP contribution in [0.5, 0.6) is 0 Å². The minimum absolute atomic E-state index is 0.0350. The Kier molecular flexibility index (Phi) is 4.18. The van der Waals surface area contributed by atoms with Gasteiger partial charge in [-0.3, -0.25) is 4.79 Å². The second kappa shape index (κ2) is 5.53. The highest BCUT2D eigenvalue weighted by Crippen LogP contribution is 2.32. The van der Waals surface area contributed by atoms with E-state index in [2.05, 4.69) is 4.98 Å². The number of carbonyl (C=O) groups is 2. The Morgan fingerprint density at radius 2 is 2.00 bits per heavy atom. The van der Waals surface area contributed by atoms with Crippen LogP contribution in [-0.4, -0.2) is 39.5 Å². The molecule has 2 rings (SSSR count). The van der Waals surface area contributed by atoms with Crippen molar-refractivity contribution in [3.05, 3.63) is 27.0 Å². The van der Waals surface area contributed by atoms with E-state index in [1.54, 1.807) is 0 Å². The number of carboxylic acids is 1. The van der Waals surface area contributed by atoms with Crippen molar-refractivity contribution in [2.24, 2.45) is 0 Å². The van der Waals surface area contributed by atoms with Gasteiger partial charge in [-0.1, -0.05) is 34.8 Å². The molecule has 1 aromatic rings. The number of carbonyl (C=O) groups excluding carboxylic acids is 1. The zero-order chi connectivity index (χ0) is 14.2. The lowest BCUT2D eigenvalue weighted by molar-refractivity contribution is -0.141. The molecule has 102 valence electrons. The normalized spacial score (nSPS) is 18.7. The van der Waals surface area contributed by atoms with Crippen LogP contribution in [-0.2, 0) is 4.79 Å². The first-order chi connectivity index (χ1) is 8.93. The van der Waals surface area contributed by atoms with Gasteiger partial charge in [-0.25, -0.2) is 9.78 Å². The van der Waals surface area contributed by atoms with Gasteiger partial charge in [-0.05, 0) is 12.8 Å². The molecule has 0 saturated carbocycles. The van der Waals surface area contributed by atoms with Gasteiger partial charge in [0.2, 0.25) is 0 Å². The van der Waals surface area contributed by atoms with E-state index >= 15 is 0 Å². The van der Waals surface area contributed by atoms with Crippen molar-refractivity contribution >= 4 is 46.7 Å². The molecule has 1 atom stereocenters. The zero-order valence-corrected chi connectivity index (χ0v) is 11.8. The maximum atomic E-state index is 12.3. The number of likely N-dealkylation sites (tertiary alicyclic amines) is 1. The number of pyridine rings is 1. The van der Waals surface area contributed by atoms with Crippen LogP contribution < -0.4 is 0 Å². The lowest BCUT2D eigenvalue weighted by Gasteiger charge is -2.21. The van der Waals surface area contributed by atoms with Gasteiger partial charge < -0.3 is 10.0 Å². The van der Waals surface area contributed by atoms with Crippen LogP contribution in [0.3, 0.4) is 0 Å². The van der Waals surface area contributed by atoms with Crippen molar-refractivity contribution < 1.29 is 14.7 Å². The summed E-state index contributed by atoms with van der Waals surface area (Å²) >= 11 is 17.5. The van der Waals surface area contributed by atoms with E-state index in [0.717, 1.165) is 0 Å². The molecule has 1 N–H and O–H groups in total. The smallest absolute Gasteiger partial charge is 0.326 e. The summed E-state index contributed by atoms with van der Waals surface area (Å²) in [6.07, 6.45) is 2.26. The standard InChI is InChI=1S/C11H9Cl3N2O3/c12-5-4-15-9(8(14)7(5)13)10(17)16-3-1-2-6(16)11(18)19/h4,6H,1-3H2,(H,18,19). The first-order valence-corrected chi connectivity index (χ1v) is 6.60. The molecule has 19 heavy (non-hydrogen) atoms. The fourth-order valence-corrected chi connectivity index (χ4v) is 2.56. The molecule has 1 fully saturated rings. The van der Waals surface area contributed by atoms with Gasteiger partial charge in [-0.15, -0.1) is 0 Å². The molecule has 0 radical (unpaired) electrons. The lowest BCUT2D eigenvalue weighted by atomic mass is 10.2. The minimum atomic E-state index is -1.04. The Balaban J connectivity index is 2.35. The number of aliphatic carboxylic acids is 1. The molecule has 0 bridgehead atoms. The molecule has 0 aliphatic carbocycles. The predicted octanol–water partition coefficient (Wildman–Crippen LogP) is 2.73. The summed E-state index contributed by atoms with van der Waals surface area (Å²) in [5.41, 5.74) is -0.0794. The van der Waals surface area contributed by atoms with E-state index < -0.39 is 17.9 Å². The quantitative estimate of drug-likeness (QED) is 0.908. The summed E-state index contributed by atoms with van der Waals surface area (Å²) in [6, 6.07) is -0.847. The first-order valence-electron chi connectivity index (χ1n) is 5.46. The van der Waals surface area contributed by atoms with Gasteiger partial charge in [0.1, 0.15) is 11.7 Å². The Bertz CT molecular complexity index is 550. The summed E-state index contributed by atoms with van der Waals surface area (Å²) in [7, 11) is 0. The van der Waals surface area contributed by atoms with E-state index in [-0.39, 0.29) is 20.8 Å². The van der Waals surface area contributed by atoms with Gasteiger partial charge in [0.15, 0.2) is 0 Å². The number of hydrogen-bond acceptors (Lipinski definition) is 3. The molecule has 0 aromatic carbocycles. The molecule has 2 heterocycles. The molecule has 1 saturated heterocycles. The SMILES string of the molecule is O=C(O)C1CCCN1C(=O)c1ncc(Cl)c(Cl)c1Cl. The van der Waals surface area contributed by atoms with Crippen LogP contribution in [0.2, 0.25) is 15.1 Å². The van der Waals surface area contributed by atoms with Crippen molar-refractivity contribution in [3.8, 4) is 0 Å². The second-order valence-corrected chi connectivity index (χ2v) is 5.24. The summed E-state index contributed by atoms with van der Waals surface area (Å²) in [5, 5.41) is 9.17. The number of aromatic nitrogens is 1. The molecular formula is C11H9Cl3N2O3. The summed E-state index contributed by atoms with van der Waals surface area (Å²) in [5.74, 6) is -1.59. The zero-order valence-electron chi connectivity index (χ0n) is 9.57. The molecule has 1 amide bonds. The minimum Gasteiger partial charge on any atom is -0.480 e. The second-order valence-electron chi connectivity index (χ2n) is 4.08. The monoisotopic (exact) mass is 322 g/mol. The average Bonchev–Trinajstić information content (AvgIpc) is 2.84. The Morgan fingerprint density at radius 1 is 1.32 bits per heavy atom. The van der Waals surface area contributed by atoms with E-state index in [1.165, 1.54) is 11.1 Å². The van der Waals surface area contributed by atoms with Crippen molar-refractivity contribution in [2.45, 2.75) is 18.9 Å². The van der Waals surface area contributed by atoms with Crippen molar-refractivity contribution in [2.75, 3.05) is 6.54 Å². The van der Waals surface area contributed by atoms with E-state index in [9.17, 15) is 9.59 Å². The van der Waals surface area contributed by atoms with E-state index in [0.29, 0.717) is 19.4 Å². The maximum Gasteiger partial charge on any atom is 0.326 e. The molecular weight excluding hydrogens is 314 g/mol. The molecule has 8 heteroatoms. The molecule has 1 aliphatic rings. The highest BCUT2D eigenvalue weighted by molar-refractivity contribution is 6.48. The van der Waals surface area contributed by atoms with Crippen LogP contribution in [0, 0.1) is 0 Å². The Labute approximate surface area is 124 Å². The molecule has 0 spiro atoms. The number of carboxylic acid groups (broad SMARTS) is 1. The lowest BCUT2D eigenvalue weighted by Crippen LogP contribution is -2.40. The summed E-state index contributed by atoms with van der Waals surface area (Å²) in [4.78, 5) is 28.4. The first kappa shape index (κ1) is 14.4. The van der Waals surface area contributed by atoms with Crippen LogP contribution in [0.4, 0.5) is 0 Å². The Morgan fingerprint density at radius 3 is 2.63 bits per heavy atom. The third-order valence-electron chi connectivity index (χ3n) is 2.92. The number of amides is 1. The molecule has 1 aliphatic heterocycles. The van der Waals surface area contributed by atoms with Crippen molar-refractivity contribution in [3.63, 3.8) is 0 Å². The van der Waals surface area contributed by atoms with Gasteiger partial charge in [0.05, 0.1) is 15.1 Å². The third kappa shape index (κ3) is 2.63. The van der Waals surface area contributed by atoms with Gasteiger partial charge in [-0.2, -0.15) is 0 Å². The number of halogens is 3. The van der Waals surface area contributed by atoms with Crippen LogP contribution in [0.15, 0.2) is 6.20 Å². The van der Waals surface area contributed by atoms with Gasteiger partial charge in [0, 0.05) is 12.7 Å². The fraction of sp³-hybridized carbons (Fsp3) is 0.364. The van der Waals surface area contributed by atoms with Crippen molar-refractivity contribution in [1.82, 2.24) is 9.88 Å². The van der Waals surface area contributed by atoms with Crippen molar-refractivity contribution in [1.29, 1.82) is 0 Å².